The molecule has 0 aromatic heterocycles. The van der Waals surface area contributed by atoms with Crippen molar-refractivity contribution in [3.63, 3.8) is 0 Å². The molecular weight excluding hydrogens is 599 g/mol. The van der Waals surface area contributed by atoms with Crippen molar-refractivity contribution in [2.45, 2.75) is 102 Å². The molecule has 44 heavy (non-hydrogen) atoms. The number of primary amides is 1. The van der Waals surface area contributed by atoms with Gasteiger partial charge in [0.1, 0.15) is 24.4 Å². The average molecular weight is 652 g/mol. The number of hydrogen-bond acceptors (Lipinski definition) is 8. The maximum Gasteiger partial charge on any atom is 0.243 e. The van der Waals surface area contributed by atoms with Crippen LogP contribution < -0.4 is 27.0 Å². The van der Waals surface area contributed by atoms with Gasteiger partial charge < -0.3 is 31.8 Å². The Morgan fingerprint density at radius 1 is 0.932 bits per heavy atom. The summed E-state index contributed by atoms with van der Waals surface area (Å²) in [4.78, 5) is 62.7. The number of amides is 4. The maximum atomic E-state index is 13.5. The molecule has 1 rings (SSSR count). The van der Waals surface area contributed by atoms with Crippen molar-refractivity contribution in [3.05, 3.63) is 35.4 Å². The van der Waals surface area contributed by atoms with Crippen LogP contribution in [0.4, 0.5) is 0 Å². The third-order valence-electron chi connectivity index (χ3n) is 7.49. The molecule has 0 aliphatic heterocycles. The molecule has 1 aromatic rings. The van der Waals surface area contributed by atoms with E-state index in [0.29, 0.717) is 37.4 Å². The Labute approximate surface area is 272 Å². The van der Waals surface area contributed by atoms with Gasteiger partial charge in [-0.3, -0.25) is 19.2 Å². The third-order valence-corrected chi connectivity index (χ3v) is 9.66. The van der Waals surface area contributed by atoms with Gasteiger partial charge in [0.05, 0.1) is 5.54 Å². The lowest BCUT2D eigenvalue weighted by molar-refractivity contribution is -0.135. The Morgan fingerprint density at radius 3 is 2.11 bits per heavy atom. The Bertz CT molecular complexity index is 1080. The van der Waals surface area contributed by atoms with Crippen LogP contribution in [0, 0.1) is 11.8 Å². The van der Waals surface area contributed by atoms with E-state index in [1.807, 2.05) is 45.9 Å². The first-order valence-corrected chi connectivity index (χ1v) is 17.6. The number of likely N-dealkylation sites (N-methyl/N-ethyl adjacent to an activating group) is 1. The van der Waals surface area contributed by atoms with Crippen molar-refractivity contribution in [3.8, 4) is 0 Å². The summed E-state index contributed by atoms with van der Waals surface area (Å²) in [5.74, 6) is 0.659. The van der Waals surface area contributed by atoms with Crippen molar-refractivity contribution in [2.24, 2.45) is 17.6 Å². The molecule has 0 saturated heterocycles. The fourth-order valence-electron chi connectivity index (χ4n) is 4.06. The predicted octanol–water partition coefficient (Wildman–Crippen LogP) is 3.16. The molecule has 4 atom stereocenters. The van der Waals surface area contributed by atoms with E-state index >= 15 is 0 Å². The van der Waals surface area contributed by atoms with Gasteiger partial charge in [0.25, 0.3) is 0 Å². The number of aldehydes is 1. The van der Waals surface area contributed by atoms with Crippen LogP contribution in [-0.4, -0.2) is 72.1 Å². The highest BCUT2D eigenvalue weighted by Gasteiger charge is 2.34. The van der Waals surface area contributed by atoms with E-state index in [1.165, 1.54) is 11.8 Å². The molecule has 0 heterocycles. The molecule has 0 fully saturated rings. The lowest BCUT2D eigenvalue weighted by atomic mass is 9.96. The van der Waals surface area contributed by atoms with Crippen molar-refractivity contribution in [1.29, 1.82) is 0 Å². The fourth-order valence-corrected chi connectivity index (χ4v) is 5.90. The molecule has 248 valence electrons. The van der Waals surface area contributed by atoms with Gasteiger partial charge in [-0.1, -0.05) is 58.4 Å². The molecule has 12 heteroatoms. The number of hydrogen-bond donors (Lipinski definition) is 5. The topological polar surface area (TPSA) is 159 Å². The van der Waals surface area contributed by atoms with Crippen LogP contribution >= 0.6 is 23.5 Å². The van der Waals surface area contributed by atoms with Gasteiger partial charge in [0, 0.05) is 29.4 Å². The first-order chi connectivity index (χ1) is 20.7. The summed E-state index contributed by atoms with van der Waals surface area (Å²) in [6.07, 6.45) is 3.19. The minimum atomic E-state index is -0.925. The zero-order valence-electron chi connectivity index (χ0n) is 27.4. The van der Waals surface area contributed by atoms with E-state index in [4.69, 9.17) is 5.73 Å². The number of benzene rings is 1. The molecule has 10 nitrogen and oxygen atoms in total. The van der Waals surface area contributed by atoms with Gasteiger partial charge in [-0.15, -0.1) is 0 Å². The minimum Gasteiger partial charge on any atom is -0.368 e. The van der Waals surface area contributed by atoms with E-state index in [-0.39, 0.29) is 17.6 Å². The summed E-state index contributed by atoms with van der Waals surface area (Å²) in [5, 5.41) is 11.4. The third kappa shape index (κ3) is 14.5. The van der Waals surface area contributed by atoms with Crippen molar-refractivity contribution < 1.29 is 24.0 Å². The molecular formula is C32H53N5O5S2. The normalized spacial score (nSPS) is 14.3. The van der Waals surface area contributed by atoms with Crippen LogP contribution in [0.15, 0.2) is 24.3 Å². The monoisotopic (exact) mass is 651 g/mol. The Hall–Kier alpha value is -2.57. The van der Waals surface area contributed by atoms with Crippen molar-refractivity contribution >= 4 is 53.4 Å². The molecule has 0 aliphatic carbocycles. The lowest BCUT2D eigenvalue weighted by Crippen LogP contribution is -2.60. The molecule has 0 radical (unpaired) electrons. The van der Waals surface area contributed by atoms with E-state index in [1.54, 1.807) is 32.7 Å². The minimum absolute atomic E-state index is 0.234. The Morgan fingerprint density at radius 2 is 1.57 bits per heavy atom. The standard InChI is InChI=1S/C32H53N5O5S2/c1-8-22(4)27(37-29(40)25(14-13-21(2)3)36-31(42)32(5,6)34-7)30(41)35-26(28(33)39)20-44-19-24-12-9-11-23(17-24)18-43-16-10-15-38/h9,11-12,15,17,21-22,25-27,34H,8,10,13-14,16,18-20H2,1-7H3,(H2,33,39)(H,35,41)(H,36,42)(H,37,40)/t22-,25-,26-,27-/m0/s1. The van der Waals surface area contributed by atoms with E-state index in [2.05, 4.69) is 27.3 Å². The van der Waals surface area contributed by atoms with Crippen LogP contribution in [0.5, 0.6) is 0 Å². The quantitative estimate of drug-likeness (QED) is 0.0945. The SMILES string of the molecule is CC[C@H](C)[C@H](NC(=O)[C@H](CCC(C)C)NC(=O)C(C)(C)NC)C(=O)N[C@@H](CSCc1cccc(CSCCC=O)c1)C(N)=O. The highest BCUT2D eigenvalue weighted by atomic mass is 32.2. The van der Waals surface area contributed by atoms with Gasteiger partial charge in [-0.05, 0) is 56.7 Å². The highest BCUT2D eigenvalue weighted by Crippen LogP contribution is 2.19. The van der Waals surface area contributed by atoms with Crippen molar-refractivity contribution in [1.82, 2.24) is 21.3 Å². The highest BCUT2D eigenvalue weighted by molar-refractivity contribution is 7.98. The van der Waals surface area contributed by atoms with Gasteiger partial charge in [0.15, 0.2) is 0 Å². The van der Waals surface area contributed by atoms with Gasteiger partial charge in [-0.2, -0.15) is 23.5 Å². The van der Waals surface area contributed by atoms with Crippen LogP contribution in [0.25, 0.3) is 0 Å². The first kappa shape index (κ1) is 39.5. The second kappa shape index (κ2) is 20.5. The van der Waals surface area contributed by atoms with Crippen LogP contribution in [0.2, 0.25) is 0 Å². The number of nitrogens with one attached hydrogen (secondary N) is 4. The molecule has 4 amide bonds. The Balaban J connectivity index is 2.92. The summed E-state index contributed by atoms with van der Waals surface area (Å²) >= 11 is 3.18. The molecule has 0 bridgehead atoms. The molecule has 0 saturated carbocycles. The zero-order valence-corrected chi connectivity index (χ0v) is 29.0. The van der Waals surface area contributed by atoms with Crippen LogP contribution in [-0.2, 0) is 35.5 Å². The number of carbonyl (C=O) groups is 5. The van der Waals surface area contributed by atoms with Crippen molar-refractivity contribution in [2.75, 3.05) is 18.6 Å². The molecule has 6 N–H and O–H groups in total. The van der Waals surface area contributed by atoms with E-state index in [0.717, 1.165) is 28.9 Å². The number of nitrogens with two attached hydrogens (primary N) is 1. The fraction of sp³-hybridized carbons (Fsp3) is 0.656. The molecule has 1 aromatic carbocycles. The molecule has 0 unspecified atom stereocenters. The second-order valence-electron chi connectivity index (χ2n) is 12.1. The predicted molar refractivity (Wildman–Crippen MR) is 181 cm³/mol. The Kier molecular flexibility index (Phi) is 18.3. The summed E-state index contributed by atoms with van der Waals surface area (Å²) in [6, 6.07) is 5.46. The van der Waals surface area contributed by atoms with Gasteiger partial charge in [-0.25, -0.2) is 0 Å². The number of rotatable bonds is 22. The van der Waals surface area contributed by atoms with E-state index in [9.17, 15) is 24.0 Å². The number of carbonyl (C=O) groups excluding carboxylic acids is 5. The van der Waals surface area contributed by atoms with Crippen LogP contribution in [0.1, 0.15) is 78.4 Å². The second-order valence-corrected chi connectivity index (χ2v) is 14.2. The lowest BCUT2D eigenvalue weighted by Gasteiger charge is -2.30. The zero-order chi connectivity index (χ0) is 33.3. The molecule has 0 aliphatic rings. The van der Waals surface area contributed by atoms with E-state index < -0.39 is 41.4 Å². The smallest absolute Gasteiger partial charge is 0.243 e. The average Bonchev–Trinajstić information content (AvgIpc) is 2.98. The number of thioether (sulfide) groups is 2. The maximum absolute atomic E-state index is 13.5. The van der Waals surface area contributed by atoms with Gasteiger partial charge >= 0.3 is 0 Å². The first-order valence-electron chi connectivity index (χ1n) is 15.3. The molecule has 0 spiro atoms. The van der Waals surface area contributed by atoms with Crippen LogP contribution in [0.3, 0.4) is 0 Å². The summed E-state index contributed by atoms with van der Waals surface area (Å²) in [5.41, 5.74) is 7.02. The summed E-state index contributed by atoms with van der Waals surface area (Å²) in [7, 11) is 1.68. The largest absolute Gasteiger partial charge is 0.368 e. The summed E-state index contributed by atoms with van der Waals surface area (Å²) in [6.45, 7) is 11.3. The van der Waals surface area contributed by atoms with Gasteiger partial charge in [0.2, 0.25) is 23.6 Å². The summed E-state index contributed by atoms with van der Waals surface area (Å²) < 4.78 is 0.